The molecule has 1 aliphatic heterocycles. The van der Waals surface area contributed by atoms with E-state index in [0.29, 0.717) is 24.4 Å². The van der Waals surface area contributed by atoms with Gasteiger partial charge in [0.2, 0.25) is 0 Å². The molecule has 82 valence electrons. The third-order valence-electron chi connectivity index (χ3n) is 2.23. The molecule has 1 rings (SSSR count). The Hall–Kier alpha value is 0.230. The molecule has 0 atom stereocenters. The highest BCUT2D eigenvalue weighted by Crippen LogP contribution is 2.12. The lowest BCUT2D eigenvalue weighted by molar-refractivity contribution is 0.481. The van der Waals surface area contributed by atoms with Gasteiger partial charge in [-0.1, -0.05) is 23.2 Å². The van der Waals surface area contributed by atoms with Crippen molar-refractivity contribution in [2.24, 2.45) is 0 Å². The molecule has 0 bridgehead atoms. The maximum absolute atomic E-state index is 11.1. The molecule has 0 unspecified atom stereocenters. The van der Waals surface area contributed by atoms with Gasteiger partial charge in [0, 0.05) is 23.2 Å². The molecule has 0 radical (unpaired) electrons. The number of sulfone groups is 1. The average molecular weight is 258 g/mol. The highest BCUT2D eigenvalue weighted by Gasteiger charge is 2.22. The normalized spacial score (nSPS) is 23.7. The third kappa shape index (κ3) is 4.17. The van der Waals surface area contributed by atoms with Crippen molar-refractivity contribution < 1.29 is 8.42 Å². The molecule has 0 spiro atoms. The molecule has 0 aromatic carbocycles. The van der Waals surface area contributed by atoms with E-state index >= 15 is 0 Å². The summed E-state index contributed by atoms with van der Waals surface area (Å²) in [5.41, 5.74) is 1.31. The molecule has 0 aliphatic carbocycles. The summed E-state index contributed by atoms with van der Waals surface area (Å²) in [5.74, 6) is 0.541. The maximum Gasteiger partial charge on any atom is 0.150 e. The Kier molecular flexibility index (Phi) is 4.70. The minimum Gasteiger partial charge on any atom is -0.309 e. The minimum absolute atomic E-state index is 0.240. The third-order valence-corrected chi connectivity index (χ3v) is 4.57. The summed E-state index contributed by atoms with van der Waals surface area (Å²) >= 11 is 11.1. The topological polar surface area (TPSA) is 46.2 Å². The summed E-state index contributed by atoms with van der Waals surface area (Å²) in [5, 5.41) is 3.70. The Morgan fingerprint density at radius 2 is 2.00 bits per heavy atom. The first kappa shape index (κ1) is 12.3. The van der Waals surface area contributed by atoms with Gasteiger partial charge in [-0.25, -0.2) is 8.42 Å². The van der Waals surface area contributed by atoms with Crippen LogP contribution in [0, 0.1) is 0 Å². The molecule has 6 heteroatoms. The standard InChI is InChI=1S/C8H13Cl2NO2S/c9-5-7(10)6-11-8-1-3-14(12,13)4-2-8/h5,8,11H,1-4,6H2/b7-5+. The fourth-order valence-electron chi connectivity index (χ4n) is 1.37. The second-order valence-corrected chi connectivity index (χ2v) is 6.37. The summed E-state index contributed by atoms with van der Waals surface area (Å²) in [6.07, 6.45) is 1.32. The molecule has 1 saturated heterocycles. The van der Waals surface area contributed by atoms with Crippen LogP contribution in [0.15, 0.2) is 10.6 Å². The van der Waals surface area contributed by atoms with Crippen LogP contribution < -0.4 is 5.32 Å². The Bertz CT molecular complexity index is 299. The predicted molar refractivity (Wildman–Crippen MR) is 59.5 cm³/mol. The highest BCUT2D eigenvalue weighted by molar-refractivity contribution is 7.91. The number of halogens is 2. The van der Waals surface area contributed by atoms with Crippen molar-refractivity contribution in [1.82, 2.24) is 5.32 Å². The number of nitrogens with one attached hydrogen (secondary N) is 1. The molecule has 3 nitrogen and oxygen atoms in total. The van der Waals surface area contributed by atoms with Crippen molar-refractivity contribution in [3.8, 4) is 0 Å². The smallest absolute Gasteiger partial charge is 0.150 e. The molecule has 0 aromatic heterocycles. The lowest BCUT2D eigenvalue weighted by atomic mass is 10.1. The second-order valence-electron chi connectivity index (χ2n) is 3.36. The van der Waals surface area contributed by atoms with Crippen LogP contribution in [-0.2, 0) is 9.84 Å². The zero-order valence-electron chi connectivity index (χ0n) is 7.67. The van der Waals surface area contributed by atoms with Crippen LogP contribution in [0.2, 0.25) is 0 Å². The molecular formula is C8H13Cl2NO2S. The lowest BCUT2D eigenvalue weighted by Crippen LogP contribution is -2.38. The summed E-state index contributed by atoms with van der Waals surface area (Å²) in [4.78, 5) is 0. The van der Waals surface area contributed by atoms with E-state index in [1.807, 2.05) is 0 Å². The number of hydrogen-bond donors (Lipinski definition) is 1. The predicted octanol–water partition coefficient (Wildman–Crippen LogP) is 1.47. The van der Waals surface area contributed by atoms with E-state index in [-0.39, 0.29) is 17.5 Å². The number of rotatable bonds is 3. The average Bonchev–Trinajstić information content (AvgIpc) is 2.16. The first-order valence-corrected chi connectivity index (χ1v) is 7.05. The van der Waals surface area contributed by atoms with E-state index in [2.05, 4.69) is 5.32 Å². The molecule has 14 heavy (non-hydrogen) atoms. The van der Waals surface area contributed by atoms with E-state index in [1.54, 1.807) is 0 Å². The van der Waals surface area contributed by atoms with Crippen molar-refractivity contribution in [2.45, 2.75) is 18.9 Å². The SMILES string of the molecule is O=S1(=O)CCC(NC/C(Cl)=C\Cl)CC1. The van der Waals surface area contributed by atoms with E-state index in [4.69, 9.17) is 23.2 Å². The van der Waals surface area contributed by atoms with Gasteiger partial charge in [0.1, 0.15) is 9.84 Å². The molecule has 0 aromatic rings. The molecule has 1 aliphatic rings. The van der Waals surface area contributed by atoms with Gasteiger partial charge in [-0.3, -0.25) is 0 Å². The zero-order chi connectivity index (χ0) is 10.6. The Morgan fingerprint density at radius 1 is 1.43 bits per heavy atom. The monoisotopic (exact) mass is 257 g/mol. The summed E-state index contributed by atoms with van der Waals surface area (Å²) in [6.45, 7) is 0.510. The second kappa shape index (κ2) is 5.35. The summed E-state index contributed by atoms with van der Waals surface area (Å²) in [6, 6.07) is 0.240. The van der Waals surface area contributed by atoms with Gasteiger partial charge >= 0.3 is 0 Å². The first-order valence-electron chi connectivity index (χ1n) is 4.42. The summed E-state index contributed by atoms with van der Waals surface area (Å²) < 4.78 is 22.2. The van der Waals surface area contributed by atoms with Gasteiger partial charge < -0.3 is 5.32 Å². The lowest BCUT2D eigenvalue weighted by Gasteiger charge is -2.22. The molecule has 1 N–H and O–H groups in total. The van der Waals surface area contributed by atoms with Crippen LogP contribution in [0.3, 0.4) is 0 Å². The molecule has 1 heterocycles. The fraction of sp³-hybridized carbons (Fsp3) is 0.750. The van der Waals surface area contributed by atoms with Crippen LogP contribution in [0.5, 0.6) is 0 Å². The van der Waals surface area contributed by atoms with Crippen molar-refractivity contribution in [3.63, 3.8) is 0 Å². The van der Waals surface area contributed by atoms with Crippen molar-refractivity contribution >= 4 is 33.0 Å². The van der Waals surface area contributed by atoms with Gasteiger partial charge in [0.15, 0.2) is 0 Å². The minimum atomic E-state index is -2.77. The molecule has 0 saturated carbocycles. The van der Waals surface area contributed by atoms with Crippen molar-refractivity contribution in [1.29, 1.82) is 0 Å². The van der Waals surface area contributed by atoms with Gasteiger partial charge in [-0.05, 0) is 12.8 Å². The quantitative estimate of drug-likeness (QED) is 0.833. The Labute approximate surface area is 94.4 Å². The Morgan fingerprint density at radius 3 is 2.50 bits per heavy atom. The molecule has 0 amide bonds. The Balaban J connectivity index is 2.30. The van der Waals surface area contributed by atoms with Crippen LogP contribution in [0.1, 0.15) is 12.8 Å². The van der Waals surface area contributed by atoms with E-state index in [9.17, 15) is 8.42 Å². The van der Waals surface area contributed by atoms with Crippen LogP contribution in [0.4, 0.5) is 0 Å². The van der Waals surface area contributed by atoms with Gasteiger partial charge in [-0.15, -0.1) is 0 Å². The van der Waals surface area contributed by atoms with Crippen LogP contribution in [0.25, 0.3) is 0 Å². The van der Waals surface area contributed by atoms with Crippen LogP contribution >= 0.6 is 23.2 Å². The van der Waals surface area contributed by atoms with Crippen molar-refractivity contribution in [3.05, 3.63) is 10.6 Å². The highest BCUT2D eigenvalue weighted by atomic mass is 35.5. The van der Waals surface area contributed by atoms with Gasteiger partial charge in [-0.2, -0.15) is 0 Å². The number of hydrogen-bond acceptors (Lipinski definition) is 3. The maximum atomic E-state index is 11.1. The van der Waals surface area contributed by atoms with E-state index in [1.165, 1.54) is 5.54 Å². The fourth-order valence-corrected chi connectivity index (χ4v) is 3.02. The molecule has 1 fully saturated rings. The van der Waals surface area contributed by atoms with Gasteiger partial charge in [0.25, 0.3) is 0 Å². The molecular weight excluding hydrogens is 245 g/mol. The summed E-state index contributed by atoms with van der Waals surface area (Å²) in [7, 11) is -2.77. The van der Waals surface area contributed by atoms with Crippen LogP contribution in [-0.4, -0.2) is 32.5 Å². The van der Waals surface area contributed by atoms with E-state index in [0.717, 1.165) is 0 Å². The zero-order valence-corrected chi connectivity index (χ0v) is 10.00. The largest absolute Gasteiger partial charge is 0.309 e. The van der Waals surface area contributed by atoms with Gasteiger partial charge in [0.05, 0.1) is 11.5 Å². The van der Waals surface area contributed by atoms with E-state index < -0.39 is 9.84 Å². The first-order chi connectivity index (χ1) is 6.53. The van der Waals surface area contributed by atoms with Crippen molar-refractivity contribution in [2.75, 3.05) is 18.1 Å².